The van der Waals surface area contributed by atoms with Crippen LogP contribution in [0.25, 0.3) is 0 Å². The van der Waals surface area contributed by atoms with Crippen LogP contribution in [-0.4, -0.2) is 53.2 Å². The maximum absolute atomic E-state index is 17.0. The number of fused-ring (bicyclic) bond motifs is 7. The Balaban J connectivity index is 1.63. The highest BCUT2D eigenvalue weighted by Gasteiger charge is 2.76. The third-order valence-corrected chi connectivity index (χ3v) is 9.72. The number of ketones is 2. The summed E-state index contributed by atoms with van der Waals surface area (Å²) in [5, 5.41) is 24.4. The number of carbonyl (C=O) groups excluding carboxylic acids is 2. The maximum atomic E-state index is 17.0. The number of nitrogens with one attached hydrogen (secondary N) is 1. The lowest BCUT2D eigenvalue weighted by Crippen LogP contribution is -2.68. The van der Waals surface area contributed by atoms with Crippen molar-refractivity contribution in [3.8, 4) is 0 Å². The Bertz CT molecular complexity index is 854. The van der Waals surface area contributed by atoms with E-state index in [4.69, 9.17) is 0 Å². The second-order valence-corrected chi connectivity index (χ2v) is 10.4. The molecule has 158 valence electrons. The van der Waals surface area contributed by atoms with Crippen LogP contribution in [0.5, 0.6) is 0 Å². The van der Waals surface area contributed by atoms with E-state index in [1.54, 1.807) is 12.2 Å². The van der Waals surface area contributed by atoms with E-state index < -0.39 is 34.6 Å². The Morgan fingerprint density at radius 3 is 2.83 bits per heavy atom. The molecule has 3 saturated carbocycles. The summed E-state index contributed by atoms with van der Waals surface area (Å²) in [5.74, 6) is -0.668. The molecular formula is C23H30FNO4. The van der Waals surface area contributed by atoms with Gasteiger partial charge in [-0.05, 0) is 68.6 Å². The van der Waals surface area contributed by atoms with E-state index in [9.17, 15) is 19.8 Å². The molecular weight excluding hydrogens is 373 g/mol. The molecule has 0 amide bonds. The zero-order valence-electron chi connectivity index (χ0n) is 17.1. The Hall–Kier alpha value is -1.37. The van der Waals surface area contributed by atoms with Crippen molar-refractivity contribution in [1.82, 2.24) is 5.32 Å². The number of halogens is 1. The minimum atomic E-state index is -1.87. The molecule has 4 aliphatic carbocycles. The van der Waals surface area contributed by atoms with Crippen molar-refractivity contribution in [3.63, 3.8) is 0 Å². The highest BCUT2D eigenvalue weighted by molar-refractivity contribution is 6.01. The van der Waals surface area contributed by atoms with Crippen molar-refractivity contribution in [2.45, 2.75) is 51.3 Å². The Morgan fingerprint density at radius 1 is 1.34 bits per heavy atom. The molecule has 6 heteroatoms. The van der Waals surface area contributed by atoms with Gasteiger partial charge < -0.3 is 15.5 Å². The SMILES string of the molecule is CC12C=CC(=O)C=C1CCC1C3CC4CNCC4(C(=O)CO)C3(C)CC(O)C12F. The number of rotatable bonds is 2. The van der Waals surface area contributed by atoms with Crippen LogP contribution in [0.2, 0.25) is 0 Å². The first-order valence-corrected chi connectivity index (χ1v) is 10.8. The molecule has 29 heavy (non-hydrogen) atoms. The zero-order chi connectivity index (χ0) is 20.8. The summed E-state index contributed by atoms with van der Waals surface area (Å²) in [5.41, 5.74) is -3.41. The van der Waals surface area contributed by atoms with Crippen molar-refractivity contribution in [3.05, 3.63) is 23.8 Å². The minimum Gasteiger partial charge on any atom is -0.390 e. The largest absolute Gasteiger partial charge is 0.390 e. The predicted molar refractivity (Wildman–Crippen MR) is 105 cm³/mol. The first-order chi connectivity index (χ1) is 13.6. The van der Waals surface area contributed by atoms with E-state index in [1.807, 2.05) is 13.8 Å². The van der Waals surface area contributed by atoms with Gasteiger partial charge in [0.05, 0.1) is 11.5 Å². The van der Waals surface area contributed by atoms with Gasteiger partial charge in [-0.3, -0.25) is 9.59 Å². The predicted octanol–water partition coefficient (Wildman–Crippen LogP) is 1.73. The molecule has 0 aromatic heterocycles. The van der Waals surface area contributed by atoms with Crippen LogP contribution in [0.1, 0.15) is 39.5 Å². The van der Waals surface area contributed by atoms with Gasteiger partial charge in [-0.15, -0.1) is 0 Å². The van der Waals surface area contributed by atoms with Gasteiger partial charge in [-0.1, -0.05) is 18.6 Å². The molecule has 5 rings (SSSR count). The van der Waals surface area contributed by atoms with Crippen LogP contribution >= 0.6 is 0 Å². The van der Waals surface area contributed by atoms with Crippen LogP contribution in [0, 0.1) is 34.0 Å². The van der Waals surface area contributed by atoms with Gasteiger partial charge in [0, 0.05) is 17.9 Å². The first-order valence-electron chi connectivity index (χ1n) is 10.8. The molecule has 8 atom stereocenters. The third-order valence-electron chi connectivity index (χ3n) is 9.72. The van der Waals surface area contributed by atoms with Crippen molar-refractivity contribution in [1.29, 1.82) is 0 Å². The van der Waals surface area contributed by atoms with E-state index >= 15 is 4.39 Å². The molecule has 0 spiro atoms. The van der Waals surface area contributed by atoms with Gasteiger partial charge >= 0.3 is 0 Å². The molecule has 1 aliphatic heterocycles. The van der Waals surface area contributed by atoms with Crippen LogP contribution in [0.4, 0.5) is 4.39 Å². The second kappa shape index (κ2) is 5.86. The first kappa shape index (κ1) is 19.6. The monoisotopic (exact) mass is 403 g/mol. The highest BCUT2D eigenvalue weighted by Crippen LogP contribution is 2.73. The van der Waals surface area contributed by atoms with Gasteiger partial charge in [-0.2, -0.15) is 0 Å². The van der Waals surface area contributed by atoms with Crippen LogP contribution in [0.15, 0.2) is 23.8 Å². The lowest BCUT2D eigenvalue weighted by molar-refractivity contribution is -0.205. The molecule has 1 heterocycles. The molecule has 8 unspecified atom stereocenters. The van der Waals surface area contributed by atoms with E-state index in [0.717, 1.165) is 12.0 Å². The smallest absolute Gasteiger partial charge is 0.178 e. The Kier molecular flexibility index (Phi) is 3.96. The number of Topliss-reactive ketones (excluding diaryl/α,β-unsaturated/α-hetero) is 1. The summed E-state index contributed by atoms with van der Waals surface area (Å²) in [7, 11) is 0. The fourth-order valence-corrected chi connectivity index (χ4v) is 8.31. The van der Waals surface area contributed by atoms with Gasteiger partial charge in [0.2, 0.25) is 0 Å². The molecule has 4 fully saturated rings. The number of aliphatic hydroxyl groups is 2. The van der Waals surface area contributed by atoms with Gasteiger partial charge in [0.15, 0.2) is 17.2 Å². The van der Waals surface area contributed by atoms with E-state index in [0.29, 0.717) is 25.9 Å². The molecule has 5 nitrogen and oxygen atoms in total. The summed E-state index contributed by atoms with van der Waals surface area (Å²) in [6.07, 6.45) is 5.53. The fraction of sp³-hybridized carbons (Fsp3) is 0.739. The summed E-state index contributed by atoms with van der Waals surface area (Å²) in [6.45, 7) is 4.51. The molecule has 0 aromatic rings. The standard InChI is InChI=1S/C23H30FNO4/c1-20-6-5-15(27)7-13(20)3-4-16-17-8-14-10-25-12-22(14,19(29)11-26)21(17,2)9-18(28)23(16,20)24/h5-7,14,16-18,25-26,28H,3-4,8-12H2,1-2H3. The molecule has 1 saturated heterocycles. The highest BCUT2D eigenvalue weighted by atomic mass is 19.1. The van der Waals surface area contributed by atoms with Gasteiger partial charge in [0.25, 0.3) is 0 Å². The Morgan fingerprint density at radius 2 is 2.10 bits per heavy atom. The topological polar surface area (TPSA) is 86.6 Å². The molecule has 3 N–H and O–H groups in total. The lowest BCUT2D eigenvalue weighted by atomic mass is 9.43. The molecule has 0 aromatic carbocycles. The average Bonchev–Trinajstić information content (AvgIpc) is 3.20. The Labute approximate surface area is 170 Å². The van der Waals surface area contributed by atoms with E-state index in [1.165, 1.54) is 6.08 Å². The average molecular weight is 403 g/mol. The molecule has 0 radical (unpaired) electrons. The minimum absolute atomic E-state index is 0.0390. The summed E-state index contributed by atoms with van der Waals surface area (Å²) < 4.78 is 17.0. The molecule has 5 aliphatic rings. The quantitative estimate of drug-likeness (QED) is 0.654. The normalized spacial score (nSPS) is 53.0. The number of hydrogen-bond acceptors (Lipinski definition) is 5. The van der Waals surface area contributed by atoms with Crippen molar-refractivity contribution in [2.75, 3.05) is 19.7 Å². The molecule has 0 bridgehead atoms. The van der Waals surface area contributed by atoms with Gasteiger partial charge in [-0.25, -0.2) is 4.39 Å². The second-order valence-electron chi connectivity index (χ2n) is 10.4. The van der Waals surface area contributed by atoms with Crippen molar-refractivity contribution in [2.24, 2.45) is 34.0 Å². The van der Waals surface area contributed by atoms with Crippen molar-refractivity contribution < 1.29 is 24.2 Å². The summed E-state index contributed by atoms with van der Waals surface area (Å²) >= 11 is 0. The zero-order valence-corrected chi connectivity index (χ0v) is 17.1. The number of alkyl halides is 1. The van der Waals surface area contributed by atoms with Gasteiger partial charge in [0.1, 0.15) is 6.61 Å². The number of carbonyl (C=O) groups is 2. The van der Waals surface area contributed by atoms with E-state index in [-0.39, 0.29) is 35.7 Å². The maximum Gasteiger partial charge on any atom is 0.178 e. The fourth-order valence-electron chi connectivity index (χ4n) is 8.31. The summed E-state index contributed by atoms with van der Waals surface area (Å²) in [6, 6.07) is 0. The van der Waals surface area contributed by atoms with Crippen LogP contribution in [-0.2, 0) is 9.59 Å². The van der Waals surface area contributed by atoms with Crippen LogP contribution in [0.3, 0.4) is 0 Å². The third kappa shape index (κ3) is 2.01. The number of allylic oxidation sites excluding steroid dienone is 4. The summed E-state index contributed by atoms with van der Waals surface area (Å²) in [4.78, 5) is 24.9. The van der Waals surface area contributed by atoms with Crippen molar-refractivity contribution >= 4 is 11.6 Å². The van der Waals surface area contributed by atoms with E-state index in [2.05, 4.69) is 5.32 Å². The lowest BCUT2D eigenvalue weighted by Gasteiger charge is -2.63. The number of hydrogen-bond donors (Lipinski definition) is 3. The number of aliphatic hydroxyl groups excluding tert-OH is 2. The van der Waals surface area contributed by atoms with Crippen LogP contribution < -0.4 is 5.32 Å².